The van der Waals surface area contributed by atoms with Gasteiger partial charge in [-0.05, 0) is 31.5 Å². The van der Waals surface area contributed by atoms with Crippen LogP contribution in [-0.2, 0) is 4.79 Å². The van der Waals surface area contributed by atoms with Crippen molar-refractivity contribution in [1.82, 2.24) is 20.6 Å². The summed E-state index contributed by atoms with van der Waals surface area (Å²) in [5.74, 6) is 0.927. The number of piperidine rings is 1. The molecule has 0 aliphatic carbocycles. The Labute approximate surface area is 163 Å². The van der Waals surface area contributed by atoms with Crippen molar-refractivity contribution in [3.8, 4) is 0 Å². The van der Waals surface area contributed by atoms with Crippen LogP contribution in [0.3, 0.4) is 0 Å². The highest BCUT2D eigenvalue weighted by Crippen LogP contribution is 2.30. The number of fused-ring (bicyclic) bond motifs is 1. The number of nitrogens with zero attached hydrogens (tertiary/aromatic N) is 2. The second-order valence-corrected chi connectivity index (χ2v) is 7.60. The molecule has 26 heavy (non-hydrogen) atoms. The molecule has 2 aliphatic rings. The number of carbonyl (C=O) groups is 1. The zero-order valence-electron chi connectivity index (χ0n) is 14.5. The molecule has 1 fully saturated rings. The van der Waals surface area contributed by atoms with Crippen molar-refractivity contribution in [2.24, 2.45) is 0 Å². The van der Waals surface area contributed by atoms with E-state index < -0.39 is 0 Å². The maximum atomic E-state index is 12.6. The molecule has 1 saturated heterocycles. The number of rotatable bonds is 4. The van der Waals surface area contributed by atoms with Crippen molar-refractivity contribution in [2.45, 2.75) is 25.3 Å². The van der Waals surface area contributed by atoms with E-state index in [0.29, 0.717) is 12.6 Å². The third kappa shape index (κ3) is 4.16. The highest BCUT2D eigenvalue weighted by atomic mass is 35.5. The van der Waals surface area contributed by atoms with E-state index in [-0.39, 0.29) is 18.3 Å². The molecule has 140 valence electrons. The van der Waals surface area contributed by atoms with Crippen molar-refractivity contribution >= 4 is 46.8 Å². The molecule has 1 amide bonds. The maximum Gasteiger partial charge on any atom is 0.259 e. The Bertz CT molecular complexity index is 787. The monoisotopic (exact) mass is 393 g/mol. The third-order valence-electron chi connectivity index (χ3n) is 4.75. The summed E-state index contributed by atoms with van der Waals surface area (Å²) in [5.41, 5.74) is 1.96. The summed E-state index contributed by atoms with van der Waals surface area (Å²) < 4.78 is 0. The molecule has 0 unspecified atom stereocenters. The second kappa shape index (κ2) is 8.79. The zero-order chi connectivity index (χ0) is 17.1. The molecule has 0 bridgehead atoms. The van der Waals surface area contributed by atoms with Gasteiger partial charge in [0.05, 0.1) is 10.6 Å². The first kappa shape index (κ1) is 19.1. The van der Waals surface area contributed by atoms with Crippen molar-refractivity contribution in [3.05, 3.63) is 35.6 Å². The van der Waals surface area contributed by atoms with Crippen molar-refractivity contribution in [2.75, 3.05) is 30.3 Å². The van der Waals surface area contributed by atoms with Gasteiger partial charge in [0.25, 0.3) is 5.91 Å². The van der Waals surface area contributed by atoms with Crippen LogP contribution < -0.4 is 15.5 Å². The van der Waals surface area contributed by atoms with Crippen LogP contribution in [0.2, 0.25) is 0 Å². The Morgan fingerprint density at radius 1 is 1.38 bits per heavy atom. The lowest BCUT2D eigenvalue weighted by Gasteiger charge is -2.27. The average Bonchev–Trinajstić information content (AvgIpc) is 3.16. The fraction of sp³-hybridized carbons (Fsp3) is 0.444. The molecule has 0 spiro atoms. The molecular formula is C18H24ClN5OS. The van der Waals surface area contributed by atoms with Crippen molar-refractivity contribution in [1.29, 1.82) is 0 Å². The molecule has 2 aromatic heterocycles. The van der Waals surface area contributed by atoms with Gasteiger partial charge in [-0.1, -0.05) is 6.42 Å². The SMILES string of the molecule is Cl.O=C(NC[C@@H]1CCCCN1)C1=CN(c2ccnc3[nH]ccc23)CCS1. The topological polar surface area (TPSA) is 73.1 Å². The molecule has 2 aliphatic heterocycles. The summed E-state index contributed by atoms with van der Waals surface area (Å²) in [6, 6.07) is 4.44. The number of H-pyrrole nitrogens is 1. The number of halogens is 1. The first-order chi connectivity index (χ1) is 12.3. The normalized spacial score (nSPS) is 20.4. The predicted molar refractivity (Wildman–Crippen MR) is 110 cm³/mol. The molecule has 2 aromatic rings. The van der Waals surface area contributed by atoms with E-state index in [4.69, 9.17) is 0 Å². The molecule has 6 nitrogen and oxygen atoms in total. The van der Waals surface area contributed by atoms with Gasteiger partial charge in [-0.3, -0.25) is 4.79 Å². The summed E-state index contributed by atoms with van der Waals surface area (Å²) in [6.07, 6.45) is 9.29. The van der Waals surface area contributed by atoms with Gasteiger partial charge in [0, 0.05) is 48.9 Å². The molecule has 1 atom stereocenters. The molecule has 3 N–H and O–H groups in total. The zero-order valence-corrected chi connectivity index (χ0v) is 16.2. The van der Waals surface area contributed by atoms with E-state index in [1.165, 1.54) is 12.8 Å². The quantitative estimate of drug-likeness (QED) is 0.744. The molecule has 0 radical (unpaired) electrons. The number of carbonyl (C=O) groups excluding carboxylic acids is 1. The smallest absolute Gasteiger partial charge is 0.259 e. The number of nitrogens with one attached hydrogen (secondary N) is 3. The third-order valence-corrected chi connectivity index (χ3v) is 5.74. The fourth-order valence-corrected chi connectivity index (χ4v) is 4.32. The predicted octanol–water partition coefficient (Wildman–Crippen LogP) is 2.64. The standard InChI is InChI=1S/C18H23N5OS.ClH/c24-18(22-11-13-3-1-2-6-19-13)16-12-23(9-10-25-16)15-5-8-21-17-14(15)4-7-20-17;/h4-5,7-8,12-13,19H,1-3,6,9-11H2,(H,20,21)(H,22,24);1H/t13-;/m0./s1. The van der Waals surface area contributed by atoms with Crippen molar-refractivity contribution < 1.29 is 4.79 Å². The maximum absolute atomic E-state index is 12.6. The summed E-state index contributed by atoms with van der Waals surface area (Å²) in [7, 11) is 0. The molecule has 4 heterocycles. The Hall–Kier alpha value is -1.70. The minimum absolute atomic E-state index is 0. The van der Waals surface area contributed by atoms with Gasteiger partial charge in [-0.15, -0.1) is 24.2 Å². The summed E-state index contributed by atoms with van der Waals surface area (Å²) in [5, 5.41) is 7.64. The lowest BCUT2D eigenvalue weighted by molar-refractivity contribution is -0.116. The van der Waals surface area contributed by atoms with E-state index in [1.54, 1.807) is 18.0 Å². The Morgan fingerprint density at radius 3 is 3.15 bits per heavy atom. The van der Waals surface area contributed by atoms with Crippen LogP contribution >= 0.6 is 24.2 Å². The number of anilines is 1. The van der Waals surface area contributed by atoms with E-state index in [9.17, 15) is 4.79 Å². The lowest BCUT2D eigenvalue weighted by atomic mass is 10.1. The van der Waals surface area contributed by atoms with Crippen LogP contribution in [-0.4, -0.2) is 47.3 Å². The van der Waals surface area contributed by atoms with E-state index >= 15 is 0 Å². The van der Waals surface area contributed by atoms with Gasteiger partial charge in [-0.25, -0.2) is 4.98 Å². The second-order valence-electron chi connectivity index (χ2n) is 6.46. The number of hydrogen-bond acceptors (Lipinski definition) is 5. The molecule has 4 rings (SSSR count). The van der Waals surface area contributed by atoms with Crippen LogP contribution in [0.5, 0.6) is 0 Å². The van der Waals surface area contributed by atoms with Gasteiger partial charge < -0.3 is 20.5 Å². The minimum Gasteiger partial charge on any atom is -0.350 e. The van der Waals surface area contributed by atoms with E-state index in [1.807, 2.05) is 24.5 Å². The van der Waals surface area contributed by atoms with E-state index in [2.05, 4.69) is 25.5 Å². The largest absolute Gasteiger partial charge is 0.350 e. The number of pyridine rings is 1. The number of hydrogen-bond donors (Lipinski definition) is 3. The van der Waals surface area contributed by atoms with Gasteiger partial charge in [0.15, 0.2) is 0 Å². The van der Waals surface area contributed by atoms with Crippen LogP contribution in [0.1, 0.15) is 19.3 Å². The van der Waals surface area contributed by atoms with Gasteiger partial charge >= 0.3 is 0 Å². The Kier molecular flexibility index (Phi) is 6.45. The molecular weight excluding hydrogens is 370 g/mol. The number of amides is 1. The first-order valence-electron chi connectivity index (χ1n) is 8.86. The number of aromatic amines is 1. The molecule has 0 saturated carbocycles. The fourth-order valence-electron chi connectivity index (χ4n) is 3.41. The van der Waals surface area contributed by atoms with Gasteiger partial charge in [0.2, 0.25) is 0 Å². The highest BCUT2D eigenvalue weighted by Gasteiger charge is 2.21. The summed E-state index contributed by atoms with van der Waals surface area (Å²) >= 11 is 1.63. The number of aromatic nitrogens is 2. The summed E-state index contributed by atoms with van der Waals surface area (Å²) in [4.78, 5) is 23.0. The van der Waals surface area contributed by atoms with Crippen LogP contribution in [0.4, 0.5) is 5.69 Å². The molecule has 8 heteroatoms. The average molecular weight is 394 g/mol. The highest BCUT2D eigenvalue weighted by molar-refractivity contribution is 8.04. The Morgan fingerprint density at radius 2 is 2.31 bits per heavy atom. The molecule has 0 aromatic carbocycles. The van der Waals surface area contributed by atoms with Crippen LogP contribution in [0.25, 0.3) is 11.0 Å². The summed E-state index contributed by atoms with van der Waals surface area (Å²) in [6.45, 7) is 2.64. The lowest BCUT2D eigenvalue weighted by Crippen LogP contribution is -2.44. The van der Waals surface area contributed by atoms with Gasteiger partial charge in [-0.2, -0.15) is 0 Å². The van der Waals surface area contributed by atoms with Crippen molar-refractivity contribution in [3.63, 3.8) is 0 Å². The van der Waals surface area contributed by atoms with Gasteiger partial charge in [0.1, 0.15) is 5.65 Å². The van der Waals surface area contributed by atoms with Crippen LogP contribution in [0.15, 0.2) is 35.6 Å². The first-order valence-corrected chi connectivity index (χ1v) is 9.85. The number of thioether (sulfide) groups is 1. The minimum atomic E-state index is 0. The Balaban J connectivity index is 0.00000196. The van der Waals surface area contributed by atoms with Crippen LogP contribution in [0, 0.1) is 0 Å². The van der Waals surface area contributed by atoms with E-state index in [0.717, 1.165) is 46.9 Å².